The SMILES string of the molecule is CCCCCCCCC=CCCCCCCCCCCCCCC(=O)NC(COC1OC(CO)C(OC2OC(CO)C(O)C(OC3(C(=O)O)CC(O)C(NC(C)=O)C(C(O)C(CO)OC4(C(=O)O)CC(O)C(NC(C)=O)C(C(O)C(O)CO)O4)O3)C2O)C(O)C1O)C(O)C=CCCCCCCCCCCCCC. The molecule has 3 amide bonds. The van der Waals surface area contributed by atoms with Crippen molar-refractivity contribution in [2.24, 2.45) is 0 Å². The third kappa shape index (κ3) is 31.7. The number of carboxylic acid groups (broad SMARTS) is 2. The van der Waals surface area contributed by atoms with Crippen molar-refractivity contribution in [3.63, 3.8) is 0 Å². The minimum absolute atomic E-state index is 0.151. The summed E-state index contributed by atoms with van der Waals surface area (Å²) in [6, 6.07) is -4.73. The molecule has 0 aliphatic carbocycles. The van der Waals surface area contributed by atoms with Crippen LogP contribution in [-0.4, -0.2) is 290 Å². The third-order valence-electron chi connectivity index (χ3n) is 20.6. The maximum Gasteiger partial charge on any atom is 0.364 e. The minimum atomic E-state index is -3.39. The summed E-state index contributed by atoms with van der Waals surface area (Å²) in [6.45, 7) is 1.12. The number of aliphatic carboxylic acids is 2. The lowest BCUT2D eigenvalue weighted by atomic mass is 9.87. The van der Waals surface area contributed by atoms with Crippen LogP contribution >= 0.6 is 0 Å². The first-order valence-corrected chi connectivity index (χ1v) is 39.9. The third-order valence-corrected chi connectivity index (χ3v) is 20.6. The molecule has 0 aromatic rings. The molecular weight excluding hydrogens is 1420 g/mol. The zero-order chi connectivity index (χ0) is 79.8. The number of carbonyl (C=O) groups excluding carboxylic acids is 3. The number of nitrogens with one attached hydrogen (secondary N) is 3. The first kappa shape index (κ1) is 96.3. The van der Waals surface area contributed by atoms with Crippen molar-refractivity contribution in [3.8, 4) is 0 Å². The van der Waals surface area contributed by atoms with Crippen LogP contribution in [0.4, 0.5) is 0 Å². The highest BCUT2D eigenvalue weighted by atomic mass is 16.8. The Morgan fingerprint density at radius 1 is 0.500 bits per heavy atom. The number of carbonyl (C=O) groups is 5. The molecule has 4 fully saturated rings. The summed E-state index contributed by atoms with van der Waals surface area (Å²) >= 11 is 0. The van der Waals surface area contributed by atoms with Gasteiger partial charge in [0.05, 0.1) is 69.5 Å². The number of hydrogen-bond acceptors (Lipinski definition) is 27. The predicted molar refractivity (Wildman–Crippen MR) is 391 cm³/mol. The molecule has 0 spiro atoms. The van der Waals surface area contributed by atoms with Gasteiger partial charge in [-0.3, -0.25) is 14.4 Å². The molecule has 0 bridgehead atoms. The molecule has 0 saturated carbocycles. The van der Waals surface area contributed by atoms with Crippen molar-refractivity contribution >= 4 is 29.7 Å². The maximum absolute atomic E-state index is 13.6. The van der Waals surface area contributed by atoms with E-state index >= 15 is 0 Å². The first-order valence-electron chi connectivity index (χ1n) is 39.9. The zero-order valence-corrected chi connectivity index (χ0v) is 64.1. The highest BCUT2D eigenvalue weighted by molar-refractivity contribution is 5.78. The number of carboxylic acids is 2. The van der Waals surface area contributed by atoms with Crippen molar-refractivity contribution in [1.29, 1.82) is 0 Å². The Morgan fingerprint density at radius 2 is 0.935 bits per heavy atom. The number of rotatable bonds is 57. The van der Waals surface area contributed by atoms with E-state index in [1.54, 1.807) is 6.08 Å². The van der Waals surface area contributed by atoms with Crippen LogP contribution in [0.2, 0.25) is 0 Å². The molecule has 4 rings (SSSR count). The van der Waals surface area contributed by atoms with E-state index in [2.05, 4.69) is 41.9 Å². The molecule has 24 unspecified atom stereocenters. The molecule has 32 heteroatoms. The second-order valence-corrected chi connectivity index (χ2v) is 29.6. The van der Waals surface area contributed by atoms with Gasteiger partial charge < -0.3 is 136 Å². The lowest BCUT2D eigenvalue weighted by molar-refractivity contribution is -0.388. The van der Waals surface area contributed by atoms with Gasteiger partial charge in [-0.15, -0.1) is 0 Å². The average Bonchev–Trinajstić information content (AvgIpc) is 0.758. The van der Waals surface area contributed by atoms with E-state index in [-0.39, 0.29) is 12.3 Å². The fraction of sp³-hybridized carbons (Fsp3) is 0.882. The van der Waals surface area contributed by atoms with E-state index in [1.807, 2.05) is 6.08 Å². The van der Waals surface area contributed by atoms with E-state index in [1.165, 1.54) is 122 Å². The van der Waals surface area contributed by atoms with Gasteiger partial charge in [0.2, 0.25) is 17.7 Å². The molecule has 108 heavy (non-hydrogen) atoms. The van der Waals surface area contributed by atoms with Crippen LogP contribution in [-0.2, 0) is 61.9 Å². The van der Waals surface area contributed by atoms with Gasteiger partial charge in [-0.05, 0) is 44.9 Å². The van der Waals surface area contributed by atoms with E-state index in [0.29, 0.717) is 12.8 Å². The molecule has 0 aromatic heterocycles. The molecular formula is C76H135N3O29. The standard InChI is InChI=1S/C76H135N3O29/c1-5-7-9-11-13-15-17-19-20-21-22-23-24-25-26-28-30-32-34-36-38-40-58(90)79-50(51(86)39-37-35-33-31-29-27-18-16-14-12-10-8-6-2)47-101-71-65(95)64(94)67(57(46-83)103-71)104-72-66(96)70(62(92)55(44-81)102-72)108-76(74(99)100)42-53(88)60(78-49(4)85)69(107-76)63(93)56(45-82)105-75(73(97)98)41-52(87)59(77-48(3)84)68(106-75)61(91)54(89)43-80/h19-20,37,39,50-57,59-72,80-83,86-89,91-96H,5-18,21-36,38,40-47H2,1-4H3,(H,77,84)(H,78,85)(H,79,90)(H,97,98)(H,99,100). The summed E-state index contributed by atoms with van der Waals surface area (Å²) in [6.07, 6.45) is 1.06. The molecule has 628 valence electrons. The summed E-state index contributed by atoms with van der Waals surface area (Å²) in [4.78, 5) is 65.1. The van der Waals surface area contributed by atoms with Crippen molar-refractivity contribution in [2.45, 2.75) is 392 Å². The Morgan fingerprint density at radius 3 is 1.39 bits per heavy atom. The summed E-state index contributed by atoms with van der Waals surface area (Å²) in [7, 11) is 0. The summed E-state index contributed by atoms with van der Waals surface area (Å²) in [5.41, 5.74) is 0. The molecule has 4 heterocycles. The van der Waals surface area contributed by atoms with Crippen LogP contribution in [0.25, 0.3) is 0 Å². The van der Waals surface area contributed by atoms with Crippen molar-refractivity contribution in [2.75, 3.05) is 33.0 Å². The van der Waals surface area contributed by atoms with Crippen LogP contribution in [0, 0.1) is 0 Å². The van der Waals surface area contributed by atoms with Gasteiger partial charge in [-0.2, -0.15) is 0 Å². The normalized spacial score (nSPS) is 30.7. The summed E-state index contributed by atoms with van der Waals surface area (Å²) < 4.78 is 46.5. The Balaban J connectivity index is 1.45. The number of allylic oxidation sites excluding steroid dienone is 3. The predicted octanol–water partition coefficient (Wildman–Crippen LogP) is 2.46. The van der Waals surface area contributed by atoms with Gasteiger partial charge in [-0.25, -0.2) is 9.59 Å². The molecule has 0 aromatic carbocycles. The average molecular weight is 1550 g/mol. The molecule has 0 radical (unpaired) electrons. The smallest absolute Gasteiger partial charge is 0.364 e. The minimum Gasteiger partial charge on any atom is -0.477 e. The van der Waals surface area contributed by atoms with Gasteiger partial charge in [-0.1, -0.05) is 192 Å². The number of amides is 3. The van der Waals surface area contributed by atoms with Gasteiger partial charge in [0.15, 0.2) is 12.6 Å². The molecule has 4 saturated heterocycles. The van der Waals surface area contributed by atoms with Crippen molar-refractivity contribution in [1.82, 2.24) is 16.0 Å². The monoisotopic (exact) mass is 1550 g/mol. The highest BCUT2D eigenvalue weighted by Gasteiger charge is 2.62. The second-order valence-electron chi connectivity index (χ2n) is 29.6. The van der Waals surface area contributed by atoms with Gasteiger partial charge in [0, 0.05) is 33.1 Å². The van der Waals surface area contributed by atoms with Gasteiger partial charge in [0.1, 0.15) is 85.5 Å². The Labute approximate surface area is 636 Å². The topological polar surface area (TPSA) is 519 Å². The largest absolute Gasteiger partial charge is 0.477 e. The molecule has 4 aliphatic heterocycles. The maximum atomic E-state index is 13.6. The second kappa shape index (κ2) is 52.4. The van der Waals surface area contributed by atoms with Crippen molar-refractivity contribution < 1.29 is 144 Å². The lowest BCUT2D eigenvalue weighted by Crippen LogP contribution is -2.72. The number of hydrogen-bond donors (Lipinski definition) is 19. The number of unbranched alkanes of at least 4 members (excludes halogenated alkanes) is 28. The van der Waals surface area contributed by atoms with E-state index in [9.17, 15) is 106 Å². The van der Waals surface area contributed by atoms with E-state index in [4.69, 9.17) is 37.9 Å². The fourth-order valence-corrected chi connectivity index (χ4v) is 14.3. The Hall–Kier alpha value is -4.05. The molecule has 4 aliphatic rings. The van der Waals surface area contributed by atoms with Gasteiger partial charge in [0.25, 0.3) is 11.6 Å². The number of aliphatic hydroxyl groups excluding tert-OH is 14. The van der Waals surface area contributed by atoms with Crippen LogP contribution in [0.15, 0.2) is 24.3 Å². The molecule has 19 N–H and O–H groups in total. The number of ether oxygens (including phenoxy) is 8. The van der Waals surface area contributed by atoms with Crippen LogP contribution < -0.4 is 16.0 Å². The van der Waals surface area contributed by atoms with Crippen molar-refractivity contribution in [3.05, 3.63) is 24.3 Å². The van der Waals surface area contributed by atoms with Gasteiger partial charge >= 0.3 is 11.9 Å². The molecule has 32 nitrogen and oxygen atoms in total. The first-order chi connectivity index (χ1) is 51.7. The Bertz CT molecular complexity index is 2560. The number of aliphatic hydroxyl groups is 14. The quantitative estimate of drug-likeness (QED) is 0.0307. The highest BCUT2D eigenvalue weighted by Crippen LogP contribution is 2.41. The van der Waals surface area contributed by atoms with Crippen LogP contribution in [0.1, 0.15) is 246 Å². The Kier molecular flexibility index (Phi) is 46.7. The van der Waals surface area contributed by atoms with E-state index < -0.39 is 216 Å². The summed E-state index contributed by atoms with van der Waals surface area (Å²) in [5.74, 6) is -13.1. The fourth-order valence-electron chi connectivity index (χ4n) is 14.3. The molecule has 24 atom stereocenters. The summed E-state index contributed by atoms with van der Waals surface area (Å²) in [5, 5.41) is 185. The van der Waals surface area contributed by atoms with Crippen LogP contribution in [0.5, 0.6) is 0 Å². The van der Waals surface area contributed by atoms with Crippen LogP contribution in [0.3, 0.4) is 0 Å². The zero-order valence-electron chi connectivity index (χ0n) is 64.1. The lowest BCUT2D eigenvalue weighted by Gasteiger charge is -2.51. The van der Waals surface area contributed by atoms with E-state index in [0.717, 1.165) is 78.1 Å².